The molecule has 2 saturated heterocycles. The van der Waals surface area contributed by atoms with Crippen molar-refractivity contribution in [2.75, 3.05) is 59.4 Å². The van der Waals surface area contributed by atoms with Crippen LogP contribution in [0.1, 0.15) is 38.3 Å². The van der Waals surface area contributed by atoms with Gasteiger partial charge in [-0.2, -0.15) is 4.31 Å². The number of likely N-dealkylation sites (tertiary alicyclic amines) is 1. The van der Waals surface area contributed by atoms with Crippen LogP contribution in [0.4, 0.5) is 0 Å². The van der Waals surface area contributed by atoms with Crippen LogP contribution in [-0.2, 0) is 15.8 Å². The molecule has 9 nitrogen and oxygen atoms in total. The first-order chi connectivity index (χ1) is 14.5. The number of nitrogens with one attached hydrogen (secondary N) is 1. The summed E-state index contributed by atoms with van der Waals surface area (Å²) in [5.74, 6) is 1.62. The molecule has 0 bridgehead atoms. The lowest BCUT2D eigenvalue weighted by Gasteiger charge is -2.35. The van der Waals surface area contributed by atoms with Gasteiger partial charge in [0.25, 0.3) is 0 Å². The van der Waals surface area contributed by atoms with Gasteiger partial charge in [-0.1, -0.05) is 12.1 Å². The van der Waals surface area contributed by atoms with Crippen LogP contribution < -0.4 is 5.32 Å². The number of aliphatic imine (C=N–C) groups is 1. The minimum Gasteiger partial charge on any atom is -0.364 e. The van der Waals surface area contributed by atoms with Gasteiger partial charge in [0.05, 0.1) is 5.69 Å². The van der Waals surface area contributed by atoms with Gasteiger partial charge in [0, 0.05) is 45.8 Å². The number of piperidine rings is 1. The van der Waals surface area contributed by atoms with E-state index in [1.54, 1.807) is 13.1 Å². The van der Waals surface area contributed by atoms with Gasteiger partial charge in [-0.05, 0) is 51.2 Å². The number of unbranched alkanes of at least 4 members (excludes halogenated alkanes) is 1. The van der Waals surface area contributed by atoms with Crippen molar-refractivity contribution in [1.29, 1.82) is 0 Å². The molecule has 0 radical (unpaired) electrons. The summed E-state index contributed by atoms with van der Waals surface area (Å²) in [6.45, 7) is 9.05. The molecule has 3 rings (SSSR count). The van der Waals surface area contributed by atoms with E-state index in [4.69, 9.17) is 4.52 Å². The maximum Gasteiger partial charge on any atom is 0.220 e. The van der Waals surface area contributed by atoms with Crippen molar-refractivity contribution in [2.45, 2.75) is 38.4 Å². The van der Waals surface area contributed by atoms with Crippen molar-refractivity contribution in [1.82, 2.24) is 24.6 Å². The number of rotatable bonds is 8. The lowest BCUT2D eigenvalue weighted by Crippen LogP contribution is -2.54. The standard InChI is InChI=1S/C20H36N6O3S/c1-18-5-10-24(11-6-18)9-4-3-8-22-20(21-2)25-12-14-26(15-13-25)30(27,28)17-19-7-16-29-23-19/h7,16,18H,3-6,8-15,17H2,1-2H3,(H,21,22). The van der Waals surface area contributed by atoms with Gasteiger partial charge in [-0.15, -0.1) is 0 Å². The van der Waals surface area contributed by atoms with Crippen molar-refractivity contribution in [2.24, 2.45) is 10.9 Å². The van der Waals surface area contributed by atoms with E-state index in [0.717, 1.165) is 24.8 Å². The molecule has 1 aromatic heterocycles. The second-order valence-corrected chi connectivity index (χ2v) is 10.3. The third-order valence-corrected chi connectivity index (χ3v) is 7.84. The molecule has 3 heterocycles. The number of sulfonamides is 1. The Balaban J connectivity index is 1.34. The van der Waals surface area contributed by atoms with Crippen molar-refractivity contribution < 1.29 is 12.9 Å². The Bertz CT molecular complexity index is 752. The molecule has 2 aliphatic heterocycles. The number of piperazine rings is 1. The van der Waals surface area contributed by atoms with Crippen LogP contribution in [0.25, 0.3) is 0 Å². The summed E-state index contributed by atoms with van der Waals surface area (Å²) in [5.41, 5.74) is 0.439. The zero-order valence-corrected chi connectivity index (χ0v) is 19.1. The van der Waals surface area contributed by atoms with E-state index in [-0.39, 0.29) is 5.75 Å². The molecule has 0 aliphatic carbocycles. The van der Waals surface area contributed by atoms with Crippen LogP contribution in [0.2, 0.25) is 0 Å². The van der Waals surface area contributed by atoms with Gasteiger partial charge >= 0.3 is 0 Å². The highest BCUT2D eigenvalue weighted by molar-refractivity contribution is 7.88. The van der Waals surface area contributed by atoms with Crippen molar-refractivity contribution >= 4 is 16.0 Å². The summed E-state index contributed by atoms with van der Waals surface area (Å²) < 4.78 is 31.4. The third-order valence-electron chi connectivity index (χ3n) is 6.03. The number of guanidine groups is 1. The summed E-state index contributed by atoms with van der Waals surface area (Å²) in [4.78, 5) is 9.10. The minimum absolute atomic E-state index is 0.119. The second-order valence-electron chi connectivity index (χ2n) is 8.34. The molecule has 0 unspecified atom stereocenters. The zero-order chi connectivity index (χ0) is 21.4. The molecule has 2 fully saturated rings. The molecule has 30 heavy (non-hydrogen) atoms. The fourth-order valence-electron chi connectivity index (χ4n) is 4.05. The monoisotopic (exact) mass is 440 g/mol. The highest BCUT2D eigenvalue weighted by atomic mass is 32.2. The van der Waals surface area contributed by atoms with Crippen LogP contribution in [0.3, 0.4) is 0 Å². The molecule has 1 aromatic rings. The van der Waals surface area contributed by atoms with Gasteiger partial charge in [-0.25, -0.2) is 8.42 Å². The van der Waals surface area contributed by atoms with Gasteiger partial charge in [0.2, 0.25) is 10.0 Å². The van der Waals surface area contributed by atoms with E-state index in [9.17, 15) is 8.42 Å². The smallest absolute Gasteiger partial charge is 0.220 e. The molecule has 0 amide bonds. The van der Waals surface area contributed by atoms with E-state index >= 15 is 0 Å². The van der Waals surface area contributed by atoms with E-state index in [1.165, 1.54) is 49.5 Å². The average molecular weight is 441 g/mol. The fourth-order valence-corrected chi connectivity index (χ4v) is 5.47. The first kappa shape index (κ1) is 23.0. The second kappa shape index (κ2) is 11.1. The number of aromatic nitrogens is 1. The van der Waals surface area contributed by atoms with E-state index in [0.29, 0.717) is 31.9 Å². The summed E-state index contributed by atoms with van der Waals surface area (Å²) in [6, 6.07) is 1.59. The maximum atomic E-state index is 12.6. The summed E-state index contributed by atoms with van der Waals surface area (Å²) in [5, 5.41) is 7.15. The van der Waals surface area contributed by atoms with Crippen molar-refractivity contribution in [3.63, 3.8) is 0 Å². The van der Waals surface area contributed by atoms with Gasteiger partial charge in [-0.3, -0.25) is 4.99 Å². The van der Waals surface area contributed by atoms with Gasteiger partial charge in [0.15, 0.2) is 5.96 Å². The first-order valence-corrected chi connectivity index (χ1v) is 12.6. The van der Waals surface area contributed by atoms with E-state index < -0.39 is 10.0 Å². The van der Waals surface area contributed by atoms with Crippen LogP contribution in [0, 0.1) is 5.92 Å². The minimum atomic E-state index is -3.38. The van der Waals surface area contributed by atoms with Crippen LogP contribution in [0.15, 0.2) is 21.8 Å². The largest absolute Gasteiger partial charge is 0.364 e. The quantitative estimate of drug-likeness (QED) is 0.369. The zero-order valence-electron chi connectivity index (χ0n) is 18.3. The molecule has 0 atom stereocenters. The molecule has 1 N–H and O–H groups in total. The Kier molecular flexibility index (Phi) is 8.52. The van der Waals surface area contributed by atoms with Gasteiger partial charge < -0.3 is 19.6 Å². The molecule has 0 spiro atoms. The predicted octanol–water partition coefficient (Wildman–Crippen LogP) is 1.21. The molecular weight excluding hydrogens is 404 g/mol. The van der Waals surface area contributed by atoms with Crippen LogP contribution >= 0.6 is 0 Å². The Morgan fingerprint density at radius 3 is 2.57 bits per heavy atom. The summed E-state index contributed by atoms with van der Waals surface area (Å²) >= 11 is 0. The van der Waals surface area contributed by atoms with Crippen LogP contribution in [-0.4, -0.2) is 93.0 Å². The fraction of sp³-hybridized carbons (Fsp3) is 0.800. The van der Waals surface area contributed by atoms with Gasteiger partial charge in [0.1, 0.15) is 12.0 Å². The average Bonchev–Trinajstić information content (AvgIpc) is 3.24. The third kappa shape index (κ3) is 6.68. The Morgan fingerprint density at radius 2 is 1.93 bits per heavy atom. The number of hydrogen-bond acceptors (Lipinski definition) is 6. The maximum absolute atomic E-state index is 12.6. The van der Waals surface area contributed by atoms with Crippen LogP contribution in [0.5, 0.6) is 0 Å². The lowest BCUT2D eigenvalue weighted by atomic mass is 9.99. The molecular formula is C20H36N6O3S. The molecule has 170 valence electrons. The predicted molar refractivity (Wildman–Crippen MR) is 118 cm³/mol. The normalized spacial score (nSPS) is 20.6. The summed E-state index contributed by atoms with van der Waals surface area (Å²) in [6.07, 6.45) is 6.34. The molecule has 10 heteroatoms. The Morgan fingerprint density at radius 1 is 1.20 bits per heavy atom. The highest BCUT2D eigenvalue weighted by Gasteiger charge is 2.28. The van der Waals surface area contributed by atoms with Crippen molar-refractivity contribution in [3.05, 3.63) is 18.0 Å². The Hall–Kier alpha value is -1.65. The molecule has 0 aromatic carbocycles. The topological polar surface area (TPSA) is 94.3 Å². The molecule has 0 saturated carbocycles. The highest BCUT2D eigenvalue weighted by Crippen LogP contribution is 2.16. The number of hydrogen-bond donors (Lipinski definition) is 1. The molecule has 2 aliphatic rings. The van der Waals surface area contributed by atoms with Crippen molar-refractivity contribution in [3.8, 4) is 0 Å². The van der Waals surface area contributed by atoms with E-state index in [2.05, 4.69) is 32.2 Å². The first-order valence-electron chi connectivity index (χ1n) is 11.0. The summed E-state index contributed by atoms with van der Waals surface area (Å²) in [7, 11) is -1.60. The number of nitrogens with zero attached hydrogens (tertiary/aromatic N) is 5. The lowest BCUT2D eigenvalue weighted by molar-refractivity contribution is 0.189. The Labute approximate surface area is 180 Å². The SMILES string of the molecule is CN=C(NCCCCN1CCC(C)CC1)N1CCN(S(=O)(=O)Cc2ccon2)CC1. The van der Waals surface area contributed by atoms with E-state index in [1.807, 2.05) is 0 Å².